The molecule has 2 aromatic rings. The van der Waals surface area contributed by atoms with E-state index in [1.807, 2.05) is 0 Å². The number of aromatic amines is 1. The van der Waals surface area contributed by atoms with Gasteiger partial charge in [-0.15, -0.1) is 0 Å². The van der Waals surface area contributed by atoms with Crippen molar-refractivity contribution < 1.29 is 9.90 Å². The van der Waals surface area contributed by atoms with Gasteiger partial charge in [-0.05, 0) is 18.2 Å². The zero-order chi connectivity index (χ0) is 12.3. The summed E-state index contributed by atoms with van der Waals surface area (Å²) in [6.07, 6.45) is 3.29. The number of nitrogens with zero attached hydrogens (tertiary/aromatic N) is 1. The molecule has 0 fully saturated rings. The molecule has 0 radical (unpaired) electrons. The maximum Gasteiger partial charge on any atom is 0.255 e. The van der Waals surface area contributed by atoms with Gasteiger partial charge in [-0.2, -0.15) is 0 Å². The second-order valence-electron chi connectivity index (χ2n) is 3.38. The number of carbonyl (C=O) groups excluding carboxylic acids is 1. The number of benzene rings is 1. The summed E-state index contributed by atoms with van der Waals surface area (Å²) in [6.45, 7) is 0.289. The second kappa shape index (κ2) is 5.01. The molecule has 1 aromatic carbocycles. The highest BCUT2D eigenvalue weighted by Gasteiger charge is 2.11. The Hall–Kier alpha value is -1.82. The van der Waals surface area contributed by atoms with Gasteiger partial charge in [-0.1, -0.05) is 15.9 Å². The fraction of sp³-hybridized carbons (Fsp3) is 0.0909. The Morgan fingerprint density at radius 1 is 1.53 bits per heavy atom. The molecule has 0 aliphatic rings. The highest BCUT2D eigenvalue weighted by Crippen LogP contribution is 2.21. The third-order valence-electron chi connectivity index (χ3n) is 2.17. The molecule has 0 bridgehead atoms. The van der Waals surface area contributed by atoms with Crippen LogP contribution >= 0.6 is 15.9 Å². The third-order valence-corrected chi connectivity index (χ3v) is 2.67. The normalized spacial score (nSPS) is 10.2. The number of H-pyrrole nitrogens is 1. The molecule has 1 heterocycles. The number of nitrogens with one attached hydrogen (secondary N) is 2. The molecule has 0 spiro atoms. The van der Waals surface area contributed by atoms with Gasteiger partial charge >= 0.3 is 0 Å². The van der Waals surface area contributed by atoms with Crippen molar-refractivity contribution in [2.45, 2.75) is 6.54 Å². The van der Waals surface area contributed by atoms with Crippen molar-refractivity contribution in [2.75, 3.05) is 0 Å². The van der Waals surface area contributed by atoms with Crippen LogP contribution in [0.5, 0.6) is 5.75 Å². The lowest BCUT2D eigenvalue weighted by atomic mass is 10.2. The van der Waals surface area contributed by atoms with Crippen LogP contribution in [0.4, 0.5) is 0 Å². The molecule has 3 N–H and O–H groups in total. The maximum absolute atomic E-state index is 11.8. The van der Waals surface area contributed by atoms with Gasteiger partial charge in [0.1, 0.15) is 11.6 Å². The maximum atomic E-state index is 11.8. The number of aromatic nitrogens is 2. The van der Waals surface area contributed by atoms with E-state index < -0.39 is 0 Å². The van der Waals surface area contributed by atoms with Crippen molar-refractivity contribution in [3.8, 4) is 5.75 Å². The number of hydrogen-bond acceptors (Lipinski definition) is 3. The molecular weight excluding hydrogens is 286 g/mol. The van der Waals surface area contributed by atoms with E-state index in [1.54, 1.807) is 24.5 Å². The summed E-state index contributed by atoms with van der Waals surface area (Å²) in [5.74, 6) is 0.262. The lowest BCUT2D eigenvalue weighted by molar-refractivity contribution is 0.0947. The summed E-state index contributed by atoms with van der Waals surface area (Å²) in [4.78, 5) is 18.6. The molecule has 6 heteroatoms. The summed E-state index contributed by atoms with van der Waals surface area (Å²) in [5.41, 5.74) is 0.228. The molecule has 2 rings (SSSR count). The second-order valence-corrected chi connectivity index (χ2v) is 4.30. The number of amides is 1. The van der Waals surface area contributed by atoms with E-state index in [4.69, 9.17) is 0 Å². The highest BCUT2D eigenvalue weighted by atomic mass is 79.9. The van der Waals surface area contributed by atoms with Crippen LogP contribution in [-0.4, -0.2) is 21.0 Å². The van der Waals surface area contributed by atoms with Crippen LogP contribution in [0.1, 0.15) is 16.2 Å². The molecular formula is C11H10BrN3O2. The molecule has 0 unspecified atom stereocenters. The van der Waals surface area contributed by atoms with Crippen molar-refractivity contribution in [1.29, 1.82) is 0 Å². The summed E-state index contributed by atoms with van der Waals surface area (Å²) >= 11 is 3.24. The molecule has 0 saturated heterocycles. The average Bonchev–Trinajstić information content (AvgIpc) is 2.82. The summed E-state index contributed by atoms with van der Waals surface area (Å²) in [7, 11) is 0. The number of carbonyl (C=O) groups is 1. The van der Waals surface area contributed by atoms with Crippen LogP contribution in [0.15, 0.2) is 35.1 Å². The summed E-state index contributed by atoms with van der Waals surface area (Å²) in [6, 6.07) is 4.69. The van der Waals surface area contributed by atoms with E-state index in [0.717, 1.165) is 4.47 Å². The Labute approximate surface area is 106 Å². The Bertz CT molecular complexity index is 526. The van der Waals surface area contributed by atoms with Crippen molar-refractivity contribution >= 4 is 21.8 Å². The number of phenols is 1. The van der Waals surface area contributed by atoms with Crippen LogP contribution in [0, 0.1) is 0 Å². The first-order valence-corrected chi connectivity index (χ1v) is 5.71. The predicted molar refractivity (Wildman–Crippen MR) is 65.6 cm³/mol. The standard InChI is InChI=1S/C11H10BrN3O2/c12-7-1-2-9(16)8(5-7)11(17)15-6-10-13-3-4-14-10/h1-5,16H,6H2,(H,13,14)(H,15,17). The summed E-state index contributed by atoms with van der Waals surface area (Å²) in [5, 5.41) is 12.2. The SMILES string of the molecule is O=C(NCc1ncc[nH]1)c1cc(Br)ccc1O. The van der Waals surface area contributed by atoms with Gasteiger partial charge in [0, 0.05) is 16.9 Å². The van der Waals surface area contributed by atoms with Crippen LogP contribution in [-0.2, 0) is 6.54 Å². The third kappa shape index (κ3) is 2.85. The van der Waals surface area contributed by atoms with Gasteiger partial charge in [-0.25, -0.2) is 4.98 Å². The zero-order valence-corrected chi connectivity index (χ0v) is 10.4. The molecule has 5 nitrogen and oxygen atoms in total. The van der Waals surface area contributed by atoms with Gasteiger partial charge < -0.3 is 15.4 Å². The highest BCUT2D eigenvalue weighted by molar-refractivity contribution is 9.10. The topological polar surface area (TPSA) is 78.0 Å². The molecule has 1 amide bonds. The Morgan fingerprint density at radius 3 is 3.06 bits per heavy atom. The zero-order valence-electron chi connectivity index (χ0n) is 8.77. The van der Waals surface area contributed by atoms with Gasteiger partial charge in [0.25, 0.3) is 5.91 Å². The minimum absolute atomic E-state index is 0.0508. The van der Waals surface area contributed by atoms with E-state index in [0.29, 0.717) is 5.82 Å². The van der Waals surface area contributed by atoms with E-state index in [2.05, 4.69) is 31.2 Å². The lowest BCUT2D eigenvalue weighted by Gasteiger charge is -2.05. The number of imidazole rings is 1. The van der Waals surface area contributed by atoms with E-state index >= 15 is 0 Å². The first kappa shape index (κ1) is 11.7. The minimum atomic E-state index is -0.347. The van der Waals surface area contributed by atoms with E-state index in [9.17, 15) is 9.90 Å². The average molecular weight is 296 g/mol. The first-order chi connectivity index (χ1) is 8.16. The number of hydrogen-bond donors (Lipinski definition) is 3. The van der Waals surface area contributed by atoms with Crippen molar-refractivity contribution in [3.63, 3.8) is 0 Å². The molecule has 17 heavy (non-hydrogen) atoms. The molecule has 0 saturated carbocycles. The van der Waals surface area contributed by atoms with Crippen LogP contribution in [0.3, 0.4) is 0 Å². The molecule has 0 aliphatic carbocycles. The first-order valence-electron chi connectivity index (χ1n) is 4.92. The number of aromatic hydroxyl groups is 1. The van der Waals surface area contributed by atoms with Crippen molar-refractivity contribution in [2.24, 2.45) is 0 Å². The number of rotatable bonds is 3. The summed E-state index contributed by atoms with van der Waals surface area (Å²) < 4.78 is 0.735. The molecule has 0 atom stereocenters. The van der Waals surface area contributed by atoms with Gasteiger partial charge in [-0.3, -0.25) is 4.79 Å². The quantitative estimate of drug-likeness (QED) is 0.808. The fourth-order valence-corrected chi connectivity index (χ4v) is 1.71. The van der Waals surface area contributed by atoms with Crippen LogP contribution in [0.25, 0.3) is 0 Å². The molecule has 88 valence electrons. The fourth-order valence-electron chi connectivity index (χ4n) is 1.34. The number of halogens is 1. The predicted octanol–water partition coefficient (Wildman–Crippen LogP) is 1.81. The largest absolute Gasteiger partial charge is 0.507 e. The van der Waals surface area contributed by atoms with Crippen LogP contribution < -0.4 is 5.32 Å². The number of phenolic OH excluding ortho intramolecular Hbond substituents is 1. The Morgan fingerprint density at radius 2 is 2.35 bits per heavy atom. The minimum Gasteiger partial charge on any atom is -0.507 e. The smallest absolute Gasteiger partial charge is 0.255 e. The van der Waals surface area contributed by atoms with Crippen molar-refractivity contribution in [1.82, 2.24) is 15.3 Å². The van der Waals surface area contributed by atoms with Gasteiger partial charge in [0.2, 0.25) is 0 Å². The molecule has 1 aromatic heterocycles. The van der Waals surface area contributed by atoms with Gasteiger partial charge in [0.15, 0.2) is 0 Å². The van der Waals surface area contributed by atoms with Crippen molar-refractivity contribution in [3.05, 3.63) is 46.5 Å². The Balaban J connectivity index is 2.07. The van der Waals surface area contributed by atoms with E-state index in [1.165, 1.54) is 6.07 Å². The monoisotopic (exact) mass is 295 g/mol. The Kier molecular flexibility index (Phi) is 3.43. The molecule has 0 aliphatic heterocycles. The lowest BCUT2D eigenvalue weighted by Crippen LogP contribution is -2.23. The van der Waals surface area contributed by atoms with E-state index in [-0.39, 0.29) is 23.8 Å². The van der Waals surface area contributed by atoms with Gasteiger partial charge in [0.05, 0.1) is 12.1 Å². The van der Waals surface area contributed by atoms with Crippen LogP contribution in [0.2, 0.25) is 0 Å².